The van der Waals surface area contributed by atoms with Crippen LogP contribution >= 0.6 is 0 Å². The van der Waals surface area contributed by atoms with E-state index in [9.17, 15) is 0 Å². The molecule has 0 amide bonds. The highest BCUT2D eigenvalue weighted by Gasteiger charge is 2.56. The van der Waals surface area contributed by atoms with Crippen molar-refractivity contribution in [1.29, 1.82) is 0 Å². The van der Waals surface area contributed by atoms with E-state index in [0.29, 0.717) is 11.3 Å². The van der Waals surface area contributed by atoms with Crippen LogP contribution in [0.3, 0.4) is 0 Å². The van der Waals surface area contributed by atoms with Crippen molar-refractivity contribution in [3.8, 4) is 0 Å². The Morgan fingerprint density at radius 3 is 2.78 bits per heavy atom. The average Bonchev–Trinajstić information content (AvgIpc) is 2.79. The van der Waals surface area contributed by atoms with E-state index in [4.69, 9.17) is 0 Å². The fraction of sp³-hybridized carbons (Fsp3) is 0.652. The zero-order valence-electron chi connectivity index (χ0n) is 15.3. The molecule has 3 aliphatic carbocycles. The molecule has 0 bridgehead atoms. The Bertz CT molecular complexity index is 522. The van der Waals surface area contributed by atoms with Gasteiger partial charge in [0.1, 0.15) is 0 Å². The second-order valence-electron chi connectivity index (χ2n) is 8.52. The lowest BCUT2D eigenvalue weighted by atomic mass is 9.53. The van der Waals surface area contributed by atoms with Crippen LogP contribution in [0.25, 0.3) is 0 Å². The van der Waals surface area contributed by atoms with Gasteiger partial charge < -0.3 is 0 Å². The van der Waals surface area contributed by atoms with Gasteiger partial charge in [-0.1, -0.05) is 64.2 Å². The lowest BCUT2D eigenvalue weighted by Gasteiger charge is -2.51. The molecule has 126 valence electrons. The summed E-state index contributed by atoms with van der Waals surface area (Å²) in [5.41, 5.74) is 2.00. The maximum atomic E-state index is 4.18. The minimum absolute atomic E-state index is 0.475. The standard InChI is InChI=1S/C23H34/c1-6-9-17-11-12-20-19(18(17)10-7-2)13-14-23(5)21(8-3)16(4)15-22(20)23/h6,8-9,11-12,16,18-22H,1,3,7,10,13-15H2,2,4-5H3/b17-9-. The molecule has 0 saturated heterocycles. The summed E-state index contributed by atoms with van der Waals surface area (Å²) >= 11 is 0. The van der Waals surface area contributed by atoms with Crippen molar-refractivity contribution in [1.82, 2.24) is 0 Å². The Hall–Kier alpha value is -1.04. The Morgan fingerprint density at radius 2 is 2.13 bits per heavy atom. The lowest BCUT2D eigenvalue weighted by Crippen LogP contribution is -2.44. The van der Waals surface area contributed by atoms with Crippen molar-refractivity contribution >= 4 is 0 Å². The highest BCUT2D eigenvalue weighted by Crippen LogP contribution is 2.63. The first kappa shape index (κ1) is 16.8. The molecule has 0 aromatic rings. The first-order valence-corrected chi connectivity index (χ1v) is 9.70. The lowest BCUT2D eigenvalue weighted by molar-refractivity contribution is 0.0236. The average molecular weight is 311 g/mol. The topological polar surface area (TPSA) is 0 Å². The summed E-state index contributed by atoms with van der Waals surface area (Å²) < 4.78 is 0. The Labute approximate surface area is 143 Å². The molecule has 0 aliphatic heterocycles. The van der Waals surface area contributed by atoms with Gasteiger partial charge in [0.2, 0.25) is 0 Å². The van der Waals surface area contributed by atoms with E-state index >= 15 is 0 Å². The molecule has 0 N–H and O–H groups in total. The van der Waals surface area contributed by atoms with E-state index in [1.54, 1.807) is 0 Å². The maximum absolute atomic E-state index is 4.18. The second-order valence-corrected chi connectivity index (χ2v) is 8.52. The van der Waals surface area contributed by atoms with Crippen LogP contribution in [-0.2, 0) is 0 Å². The van der Waals surface area contributed by atoms with Crippen LogP contribution in [0.15, 0.2) is 49.1 Å². The highest BCUT2D eigenvalue weighted by atomic mass is 14.6. The molecular formula is C23H34. The summed E-state index contributed by atoms with van der Waals surface area (Å²) in [6.07, 6.45) is 18.3. The fourth-order valence-corrected chi connectivity index (χ4v) is 6.48. The molecule has 0 nitrogen and oxygen atoms in total. The van der Waals surface area contributed by atoms with E-state index in [2.05, 4.69) is 58.2 Å². The maximum Gasteiger partial charge on any atom is -0.0128 e. The minimum Gasteiger partial charge on any atom is -0.103 e. The second kappa shape index (κ2) is 6.46. The van der Waals surface area contributed by atoms with Crippen LogP contribution in [0, 0.1) is 40.9 Å². The highest BCUT2D eigenvalue weighted by molar-refractivity contribution is 5.32. The largest absolute Gasteiger partial charge is 0.103 e. The van der Waals surface area contributed by atoms with Crippen LogP contribution in [0.1, 0.15) is 52.9 Å². The molecule has 3 rings (SSSR count). The molecule has 0 radical (unpaired) electrons. The number of hydrogen-bond acceptors (Lipinski definition) is 0. The fourth-order valence-electron chi connectivity index (χ4n) is 6.48. The molecule has 3 aliphatic rings. The van der Waals surface area contributed by atoms with Crippen molar-refractivity contribution in [2.45, 2.75) is 52.9 Å². The van der Waals surface area contributed by atoms with E-state index in [0.717, 1.165) is 29.6 Å². The van der Waals surface area contributed by atoms with Gasteiger partial charge in [-0.25, -0.2) is 0 Å². The third kappa shape index (κ3) is 2.59. The smallest absolute Gasteiger partial charge is 0.0128 e. The molecule has 2 saturated carbocycles. The number of hydrogen-bond donors (Lipinski definition) is 0. The third-order valence-electron chi connectivity index (χ3n) is 7.44. The van der Waals surface area contributed by atoms with Gasteiger partial charge in [0.15, 0.2) is 0 Å². The zero-order valence-corrected chi connectivity index (χ0v) is 15.3. The van der Waals surface area contributed by atoms with Crippen molar-refractivity contribution in [3.05, 3.63) is 49.1 Å². The Balaban J connectivity index is 1.95. The molecular weight excluding hydrogens is 276 g/mol. The molecule has 23 heavy (non-hydrogen) atoms. The Morgan fingerprint density at radius 1 is 1.35 bits per heavy atom. The summed E-state index contributed by atoms with van der Waals surface area (Å²) in [4.78, 5) is 0. The quantitative estimate of drug-likeness (QED) is 0.515. The van der Waals surface area contributed by atoms with Crippen LogP contribution in [0.4, 0.5) is 0 Å². The minimum atomic E-state index is 0.475. The Kier molecular flexibility index (Phi) is 4.72. The van der Waals surface area contributed by atoms with Crippen molar-refractivity contribution < 1.29 is 0 Å². The predicted octanol–water partition coefficient (Wildman–Crippen LogP) is 6.58. The zero-order chi connectivity index (χ0) is 16.6. The van der Waals surface area contributed by atoms with Gasteiger partial charge in [-0.2, -0.15) is 0 Å². The van der Waals surface area contributed by atoms with Gasteiger partial charge in [-0.15, -0.1) is 6.58 Å². The number of rotatable bonds is 4. The van der Waals surface area contributed by atoms with E-state index < -0.39 is 0 Å². The van der Waals surface area contributed by atoms with Gasteiger partial charge in [-0.05, 0) is 72.2 Å². The molecule has 7 atom stereocenters. The first-order chi connectivity index (χ1) is 11.1. The van der Waals surface area contributed by atoms with Gasteiger partial charge in [-0.3, -0.25) is 0 Å². The van der Waals surface area contributed by atoms with Crippen LogP contribution in [0.5, 0.6) is 0 Å². The molecule has 0 aromatic carbocycles. The predicted molar refractivity (Wildman–Crippen MR) is 101 cm³/mol. The molecule has 0 spiro atoms. The van der Waals surface area contributed by atoms with E-state index in [1.807, 2.05) is 6.08 Å². The molecule has 0 heterocycles. The van der Waals surface area contributed by atoms with Crippen molar-refractivity contribution in [2.75, 3.05) is 0 Å². The normalized spacial score (nSPS) is 47.2. The summed E-state index contributed by atoms with van der Waals surface area (Å²) in [5.74, 6) is 4.72. The first-order valence-electron chi connectivity index (χ1n) is 9.70. The van der Waals surface area contributed by atoms with Gasteiger partial charge in [0.25, 0.3) is 0 Å². The summed E-state index contributed by atoms with van der Waals surface area (Å²) in [7, 11) is 0. The molecule has 7 unspecified atom stereocenters. The number of fused-ring (bicyclic) bond motifs is 3. The van der Waals surface area contributed by atoms with Crippen LogP contribution < -0.4 is 0 Å². The van der Waals surface area contributed by atoms with Crippen LogP contribution in [0.2, 0.25) is 0 Å². The molecule has 0 aromatic heterocycles. The molecule has 0 heteroatoms. The monoisotopic (exact) mass is 310 g/mol. The van der Waals surface area contributed by atoms with Crippen LogP contribution in [-0.4, -0.2) is 0 Å². The SMILES string of the molecule is C=C/C=C1/C=CC2C(CCC3(C)C(C=C)C(C)CC23)C1CCC. The van der Waals surface area contributed by atoms with Crippen molar-refractivity contribution in [3.63, 3.8) is 0 Å². The molecule has 2 fully saturated rings. The number of allylic oxidation sites excluding steroid dienone is 6. The van der Waals surface area contributed by atoms with Gasteiger partial charge in [0.05, 0.1) is 0 Å². The van der Waals surface area contributed by atoms with Crippen molar-refractivity contribution in [2.24, 2.45) is 40.9 Å². The summed E-state index contributed by atoms with van der Waals surface area (Å²) in [6.45, 7) is 15.4. The van der Waals surface area contributed by atoms with E-state index in [1.165, 1.54) is 37.7 Å². The van der Waals surface area contributed by atoms with E-state index in [-0.39, 0.29) is 0 Å². The summed E-state index contributed by atoms with van der Waals surface area (Å²) in [5, 5.41) is 0. The van der Waals surface area contributed by atoms with Gasteiger partial charge in [0, 0.05) is 0 Å². The third-order valence-corrected chi connectivity index (χ3v) is 7.44. The summed E-state index contributed by atoms with van der Waals surface area (Å²) in [6, 6.07) is 0. The van der Waals surface area contributed by atoms with Gasteiger partial charge >= 0.3 is 0 Å².